The molecule has 2 atom stereocenters. The van der Waals surface area contributed by atoms with Gasteiger partial charge in [-0.2, -0.15) is 0 Å². The van der Waals surface area contributed by atoms with E-state index in [0.717, 1.165) is 29.8 Å². The van der Waals surface area contributed by atoms with E-state index in [1.165, 1.54) is 11.1 Å². The van der Waals surface area contributed by atoms with Crippen molar-refractivity contribution in [1.82, 2.24) is 0 Å². The largest absolute Gasteiger partial charge is 0.398 e. The Morgan fingerprint density at radius 1 is 1.14 bits per heavy atom. The van der Waals surface area contributed by atoms with Crippen LogP contribution in [0.25, 0.3) is 0 Å². The van der Waals surface area contributed by atoms with Crippen molar-refractivity contribution in [2.75, 3.05) is 11.1 Å². The molecule has 0 amide bonds. The van der Waals surface area contributed by atoms with Crippen LogP contribution in [0.2, 0.25) is 0 Å². The van der Waals surface area contributed by atoms with Crippen LogP contribution < -0.4 is 16.8 Å². The highest BCUT2D eigenvalue weighted by molar-refractivity contribution is 5.65. The van der Waals surface area contributed by atoms with Gasteiger partial charge in [0.1, 0.15) is 0 Å². The van der Waals surface area contributed by atoms with Crippen LogP contribution in [0.3, 0.4) is 0 Å². The maximum Gasteiger partial charge on any atom is 0.200 e. The fourth-order valence-corrected chi connectivity index (χ4v) is 3.51. The van der Waals surface area contributed by atoms with Crippen molar-refractivity contribution in [2.24, 2.45) is 5.73 Å². The van der Waals surface area contributed by atoms with Gasteiger partial charge in [0.15, 0.2) is 5.85 Å². The number of hydrogen-bond acceptors (Lipinski definition) is 4. The van der Waals surface area contributed by atoms with E-state index in [-0.39, 0.29) is 5.92 Å². The smallest absolute Gasteiger partial charge is 0.200 e. The summed E-state index contributed by atoms with van der Waals surface area (Å²) in [6, 6.07) is 14.3. The van der Waals surface area contributed by atoms with Gasteiger partial charge in [0, 0.05) is 22.9 Å². The standard InChI is InChI=1S/C17H19N3O/c18-15-6-3-7-16-13(15)10-21-17(19,20-16)14-9-8-11-4-1-2-5-12(11)14/h1-7,14,20H,8-10,18-19H2/t14?,17-/m1/s1. The average molecular weight is 281 g/mol. The summed E-state index contributed by atoms with van der Waals surface area (Å²) < 4.78 is 6.00. The van der Waals surface area contributed by atoms with Crippen molar-refractivity contribution in [2.45, 2.75) is 31.2 Å². The van der Waals surface area contributed by atoms with E-state index in [2.05, 4.69) is 29.6 Å². The van der Waals surface area contributed by atoms with Crippen molar-refractivity contribution in [1.29, 1.82) is 0 Å². The van der Waals surface area contributed by atoms with Crippen molar-refractivity contribution >= 4 is 11.4 Å². The van der Waals surface area contributed by atoms with Crippen LogP contribution in [0.15, 0.2) is 42.5 Å². The lowest BCUT2D eigenvalue weighted by atomic mass is 9.94. The SMILES string of the molecule is Nc1cccc2c1CO[C@@](N)(C1CCc3ccccc31)N2. The molecular weight excluding hydrogens is 262 g/mol. The first-order valence-electron chi connectivity index (χ1n) is 7.33. The van der Waals surface area contributed by atoms with Crippen LogP contribution in [0.5, 0.6) is 0 Å². The molecule has 0 fully saturated rings. The first-order valence-corrected chi connectivity index (χ1v) is 7.33. The molecule has 0 aromatic heterocycles. The zero-order valence-electron chi connectivity index (χ0n) is 11.8. The Hall–Kier alpha value is -2.04. The summed E-state index contributed by atoms with van der Waals surface area (Å²) in [5, 5.41) is 3.37. The number of hydrogen-bond donors (Lipinski definition) is 3. The fraction of sp³-hybridized carbons (Fsp3) is 0.294. The molecule has 2 aromatic rings. The van der Waals surface area contributed by atoms with Crippen molar-refractivity contribution in [3.63, 3.8) is 0 Å². The Balaban J connectivity index is 1.71. The summed E-state index contributed by atoms with van der Waals surface area (Å²) in [5.74, 6) is -0.712. The van der Waals surface area contributed by atoms with E-state index in [1.54, 1.807) is 0 Å². The second-order valence-corrected chi connectivity index (χ2v) is 5.87. The molecule has 1 aliphatic heterocycles. The lowest BCUT2D eigenvalue weighted by Gasteiger charge is -2.41. The molecule has 1 aliphatic carbocycles. The number of fused-ring (bicyclic) bond motifs is 2. The van der Waals surface area contributed by atoms with Gasteiger partial charge in [-0.1, -0.05) is 30.3 Å². The van der Waals surface area contributed by atoms with E-state index < -0.39 is 5.85 Å². The maximum atomic E-state index is 6.57. The van der Waals surface area contributed by atoms with Gasteiger partial charge in [0.05, 0.1) is 6.61 Å². The van der Waals surface area contributed by atoms with Gasteiger partial charge >= 0.3 is 0 Å². The highest BCUT2D eigenvalue weighted by atomic mass is 16.5. The third-order valence-electron chi connectivity index (χ3n) is 4.65. The summed E-state index contributed by atoms with van der Waals surface area (Å²) in [4.78, 5) is 0. The molecule has 2 aliphatic rings. The number of ether oxygens (including phenoxy) is 1. The Kier molecular flexibility index (Phi) is 2.71. The number of aryl methyl sites for hydroxylation is 1. The van der Waals surface area contributed by atoms with Gasteiger partial charge in [0.2, 0.25) is 0 Å². The van der Waals surface area contributed by atoms with Crippen LogP contribution in [-0.2, 0) is 17.8 Å². The highest BCUT2D eigenvalue weighted by Gasteiger charge is 2.43. The maximum absolute atomic E-state index is 6.57. The quantitative estimate of drug-likeness (QED) is 0.702. The normalized spacial score (nSPS) is 26.8. The Bertz CT molecular complexity index is 700. The van der Waals surface area contributed by atoms with Gasteiger partial charge in [-0.3, -0.25) is 5.73 Å². The molecule has 1 unspecified atom stereocenters. The summed E-state index contributed by atoms with van der Waals surface area (Å²) in [5.41, 5.74) is 17.9. The number of nitrogens with one attached hydrogen (secondary N) is 1. The summed E-state index contributed by atoms with van der Waals surface area (Å²) in [7, 11) is 0. The third-order valence-corrected chi connectivity index (χ3v) is 4.65. The molecule has 5 N–H and O–H groups in total. The molecule has 4 nitrogen and oxygen atoms in total. The second kappa shape index (κ2) is 4.48. The fourth-order valence-electron chi connectivity index (χ4n) is 3.51. The van der Waals surface area contributed by atoms with Crippen LogP contribution in [0.1, 0.15) is 29.0 Å². The van der Waals surface area contributed by atoms with Gasteiger partial charge in [-0.05, 0) is 36.1 Å². The zero-order valence-corrected chi connectivity index (χ0v) is 11.8. The van der Waals surface area contributed by atoms with E-state index in [4.69, 9.17) is 16.2 Å². The van der Waals surface area contributed by atoms with E-state index >= 15 is 0 Å². The number of rotatable bonds is 1. The summed E-state index contributed by atoms with van der Waals surface area (Å²) in [6.45, 7) is 0.449. The molecule has 0 saturated carbocycles. The Morgan fingerprint density at radius 3 is 2.90 bits per heavy atom. The monoisotopic (exact) mass is 281 g/mol. The van der Waals surface area contributed by atoms with Crippen molar-refractivity contribution < 1.29 is 4.74 Å². The molecular formula is C17H19N3O. The molecule has 0 radical (unpaired) electrons. The Labute approximate surface area is 124 Å². The van der Waals surface area contributed by atoms with Crippen molar-refractivity contribution in [3.8, 4) is 0 Å². The van der Waals surface area contributed by atoms with Crippen LogP contribution in [0, 0.1) is 0 Å². The first-order chi connectivity index (χ1) is 10.2. The Morgan fingerprint density at radius 2 is 2.00 bits per heavy atom. The predicted octanol–water partition coefficient (Wildman–Crippen LogP) is 2.55. The molecule has 108 valence electrons. The lowest BCUT2D eigenvalue weighted by molar-refractivity contribution is -0.0572. The lowest BCUT2D eigenvalue weighted by Crippen LogP contribution is -2.56. The van der Waals surface area contributed by atoms with Gasteiger partial charge in [-0.15, -0.1) is 0 Å². The van der Waals surface area contributed by atoms with Crippen LogP contribution >= 0.6 is 0 Å². The molecule has 4 heteroatoms. The average Bonchev–Trinajstić information content (AvgIpc) is 2.92. The van der Waals surface area contributed by atoms with Gasteiger partial charge in [-0.25, -0.2) is 0 Å². The van der Waals surface area contributed by atoms with E-state index in [0.29, 0.717) is 6.61 Å². The van der Waals surface area contributed by atoms with E-state index in [9.17, 15) is 0 Å². The molecule has 0 bridgehead atoms. The molecule has 2 aromatic carbocycles. The number of nitrogens with two attached hydrogens (primary N) is 2. The first kappa shape index (κ1) is 12.7. The topological polar surface area (TPSA) is 73.3 Å². The van der Waals surface area contributed by atoms with E-state index in [1.807, 2.05) is 18.2 Å². The number of anilines is 2. The minimum atomic E-state index is -0.868. The third kappa shape index (κ3) is 1.91. The number of nitrogen functional groups attached to an aromatic ring is 1. The van der Waals surface area contributed by atoms with Gasteiger partial charge in [0.25, 0.3) is 0 Å². The molecule has 21 heavy (non-hydrogen) atoms. The second-order valence-electron chi connectivity index (χ2n) is 5.87. The molecule has 0 spiro atoms. The van der Waals surface area contributed by atoms with Gasteiger partial charge < -0.3 is 15.8 Å². The summed E-state index contributed by atoms with van der Waals surface area (Å²) in [6.07, 6.45) is 2.05. The van der Waals surface area contributed by atoms with Crippen LogP contribution in [-0.4, -0.2) is 5.85 Å². The zero-order chi connectivity index (χ0) is 14.4. The van der Waals surface area contributed by atoms with Crippen LogP contribution in [0.4, 0.5) is 11.4 Å². The molecule has 4 rings (SSSR count). The molecule has 0 saturated heterocycles. The number of benzene rings is 2. The minimum Gasteiger partial charge on any atom is -0.398 e. The minimum absolute atomic E-state index is 0.156. The molecule has 1 heterocycles. The predicted molar refractivity (Wildman–Crippen MR) is 83.7 cm³/mol. The summed E-state index contributed by atoms with van der Waals surface area (Å²) >= 11 is 0. The highest BCUT2D eigenvalue weighted by Crippen LogP contribution is 2.43. The van der Waals surface area contributed by atoms with Crippen molar-refractivity contribution in [3.05, 3.63) is 59.2 Å².